The summed E-state index contributed by atoms with van der Waals surface area (Å²) in [5.74, 6) is -1.65. The Bertz CT molecular complexity index is 412. The number of aromatic nitrogens is 2. The maximum absolute atomic E-state index is 12.8. The zero-order chi connectivity index (χ0) is 10.8. The van der Waals surface area contributed by atoms with E-state index in [1.54, 1.807) is 0 Å². The molecule has 3 N–H and O–H groups in total. The first kappa shape index (κ1) is 10.1. The van der Waals surface area contributed by atoms with Gasteiger partial charge in [-0.05, 0) is 19.4 Å². The van der Waals surface area contributed by atoms with Crippen molar-refractivity contribution in [1.82, 2.24) is 15.3 Å². The number of hydrogen-bond acceptors (Lipinski definition) is 4. The van der Waals surface area contributed by atoms with Gasteiger partial charge in [0.2, 0.25) is 5.82 Å². The zero-order valence-corrected chi connectivity index (χ0v) is 8.09. The van der Waals surface area contributed by atoms with Gasteiger partial charge in [-0.2, -0.15) is 9.37 Å². The number of aromatic amines is 1. The molecule has 1 aromatic heterocycles. The summed E-state index contributed by atoms with van der Waals surface area (Å²) in [7, 11) is 0. The van der Waals surface area contributed by atoms with Gasteiger partial charge in [0.1, 0.15) is 5.82 Å². The second-order valence-corrected chi connectivity index (χ2v) is 3.63. The van der Waals surface area contributed by atoms with E-state index in [-0.39, 0.29) is 5.92 Å². The quantitative estimate of drug-likeness (QED) is 0.617. The van der Waals surface area contributed by atoms with Crippen molar-refractivity contribution in [2.24, 2.45) is 0 Å². The molecule has 0 amide bonds. The van der Waals surface area contributed by atoms with Crippen molar-refractivity contribution in [3.63, 3.8) is 0 Å². The Hall–Kier alpha value is -1.43. The number of halogens is 1. The average Bonchev–Trinajstić information content (AvgIpc) is 2.26. The Morgan fingerprint density at radius 3 is 2.93 bits per heavy atom. The van der Waals surface area contributed by atoms with Crippen LogP contribution in [0.5, 0.6) is 5.88 Å². The van der Waals surface area contributed by atoms with Gasteiger partial charge in [-0.3, -0.25) is 4.79 Å². The fraction of sp³-hybridized carbons (Fsp3) is 0.556. The predicted octanol–water partition coefficient (Wildman–Crippen LogP) is 0.0816. The van der Waals surface area contributed by atoms with Crippen molar-refractivity contribution in [2.45, 2.75) is 18.8 Å². The second kappa shape index (κ2) is 3.98. The van der Waals surface area contributed by atoms with Crippen molar-refractivity contribution in [3.05, 3.63) is 22.0 Å². The molecule has 15 heavy (non-hydrogen) atoms. The van der Waals surface area contributed by atoms with Crippen LogP contribution in [0, 0.1) is 5.82 Å². The SMILES string of the molecule is O=c1[nH]c(C2CCCNC2)nc(O)c1F. The maximum atomic E-state index is 12.8. The minimum Gasteiger partial charge on any atom is -0.491 e. The molecule has 1 unspecified atom stereocenters. The molecule has 2 rings (SSSR count). The standard InChI is InChI=1S/C9H12FN3O2/c10-6-8(14)12-7(13-9(6)15)5-2-1-3-11-4-5/h5,11H,1-4H2,(H2,12,13,14,15). The summed E-state index contributed by atoms with van der Waals surface area (Å²) in [5.41, 5.74) is -0.914. The molecule has 0 aromatic carbocycles. The smallest absolute Gasteiger partial charge is 0.291 e. The molecule has 1 aliphatic heterocycles. The minimum absolute atomic E-state index is 0.0398. The molecular formula is C9H12FN3O2. The normalized spacial score (nSPS) is 21.5. The Labute approximate surface area is 85.4 Å². The van der Waals surface area contributed by atoms with E-state index in [0.29, 0.717) is 12.4 Å². The predicted molar refractivity (Wildman–Crippen MR) is 51.3 cm³/mol. The summed E-state index contributed by atoms with van der Waals surface area (Å²) in [6.07, 6.45) is 1.85. The molecule has 1 aromatic rings. The highest BCUT2D eigenvalue weighted by atomic mass is 19.1. The van der Waals surface area contributed by atoms with Gasteiger partial charge in [-0.1, -0.05) is 0 Å². The van der Waals surface area contributed by atoms with Gasteiger partial charge in [0.25, 0.3) is 11.4 Å². The average molecular weight is 213 g/mol. The highest BCUT2D eigenvalue weighted by molar-refractivity contribution is 5.12. The molecule has 1 atom stereocenters. The highest BCUT2D eigenvalue weighted by Crippen LogP contribution is 2.20. The third kappa shape index (κ3) is 1.99. The van der Waals surface area contributed by atoms with Crippen molar-refractivity contribution < 1.29 is 9.50 Å². The Balaban J connectivity index is 2.32. The molecule has 2 heterocycles. The van der Waals surface area contributed by atoms with Crippen molar-refractivity contribution in [3.8, 4) is 5.88 Å². The monoisotopic (exact) mass is 213 g/mol. The first-order valence-corrected chi connectivity index (χ1v) is 4.88. The van der Waals surface area contributed by atoms with E-state index in [4.69, 9.17) is 5.11 Å². The Morgan fingerprint density at radius 2 is 2.33 bits per heavy atom. The van der Waals surface area contributed by atoms with Crippen LogP contribution in [-0.4, -0.2) is 28.2 Å². The van der Waals surface area contributed by atoms with Crippen LogP contribution >= 0.6 is 0 Å². The zero-order valence-electron chi connectivity index (χ0n) is 8.09. The third-order valence-electron chi connectivity index (χ3n) is 2.55. The van der Waals surface area contributed by atoms with E-state index < -0.39 is 17.3 Å². The summed E-state index contributed by atoms with van der Waals surface area (Å²) in [4.78, 5) is 17.0. The molecule has 0 bridgehead atoms. The Kier molecular flexibility index (Phi) is 2.68. The largest absolute Gasteiger partial charge is 0.491 e. The number of nitrogens with zero attached hydrogens (tertiary/aromatic N) is 1. The van der Waals surface area contributed by atoms with E-state index in [9.17, 15) is 9.18 Å². The van der Waals surface area contributed by atoms with Crippen LogP contribution in [0.1, 0.15) is 24.6 Å². The number of rotatable bonds is 1. The van der Waals surface area contributed by atoms with Crippen LogP contribution < -0.4 is 10.9 Å². The fourth-order valence-corrected chi connectivity index (χ4v) is 1.74. The van der Waals surface area contributed by atoms with E-state index in [2.05, 4.69) is 15.3 Å². The first-order valence-electron chi connectivity index (χ1n) is 4.88. The summed E-state index contributed by atoms with van der Waals surface area (Å²) in [5, 5.41) is 12.2. The second-order valence-electron chi connectivity index (χ2n) is 3.63. The van der Waals surface area contributed by atoms with Crippen molar-refractivity contribution in [1.29, 1.82) is 0 Å². The summed E-state index contributed by atoms with van der Waals surface area (Å²) in [6, 6.07) is 0. The van der Waals surface area contributed by atoms with Crippen LogP contribution in [0.3, 0.4) is 0 Å². The van der Waals surface area contributed by atoms with Gasteiger partial charge in [0.05, 0.1) is 0 Å². The van der Waals surface area contributed by atoms with Gasteiger partial charge in [0, 0.05) is 12.5 Å². The highest BCUT2D eigenvalue weighted by Gasteiger charge is 2.20. The first-order chi connectivity index (χ1) is 7.18. The Morgan fingerprint density at radius 1 is 1.53 bits per heavy atom. The van der Waals surface area contributed by atoms with Crippen molar-refractivity contribution in [2.75, 3.05) is 13.1 Å². The fourth-order valence-electron chi connectivity index (χ4n) is 1.74. The number of H-pyrrole nitrogens is 1. The molecule has 0 radical (unpaired) electrons. The topological polar surface area (TPSA) is 78.0 Å². The summed E-state index contributed by atoms with van der Waals surface area (Å²) < 4.78 is 12.8. The van der Waals surface area contributed by atoms with Crippen LogP contribution in [0.15, 0.2) is 4.79 Å². The number of piperidine rings is 1. The van der Waals surface area contributed by atoms with Gasteiger partial charge < -0.3 is 15.4 Å². The van der Waals surface area contributed by atoms with Gasteiger partial charge in [-0.25, -0.2) is 0 Å². The molecule has 1 saturated heterocycles. The van der Waals surface area contributed by atoms with Crippen LogP contribution in [0.2, 0.25) is 0 Å². The number of hydrogen-bond donors (Lipinski definition) is 3. The molecule has 0 aliphatic carbocycles. The number of aromatic hydroxyl groups is 1. The molecule has 6 heteroatoms. The molecular weight excluding hydrogens is 201 g/mol. The number of nitrogens with one attached hydrogen (secondary N) is 2. The van der Waals surface area contributed by atoms with E-state index in [1.165, 1.54) is 0 Å². The lowest BCUT2D eigenvalue weighted by atomic mass is 9.99. The van der Waals surface area contributed by atoms with E-state index >= 15 is 0 Å². The minimum atomic E-state index is -1.22. The lowest BCUT2D eigenvalue weighted by Gasteiger charge is -2.21. The summed E-state index contributed by atoms with van der Waals surface area (Å²) in [6.45, 7) is 1.63. The van der Waals surface area contributed by atoms with Gasteiger partial charge in [0.15, 0.2) is 0 Å². The van der Waals surface area contributed by atoms with Crippen LogP contribution in [0.25, 0.3) is 0 Å². The molecule has 1 fully saturated rings. The molecule has 0 spiro atoms. The van der Waals surface area contributed by atoms with E-state index in [0.717, 1.165) is 19.4 Å². The van der Waals surface area contributed by atoms with E-state index in [1.807, 2.05) is 0 Å². The molecule has 82 valence electrons. The molecule has 5 nitrogen and oxygen atoms in total. The van der Waals surface area contributed by atoms with Crippen molar-refractivity contribution >= 4 is 0 Å². The van der Waals surface area contributed by atoms with Gasteiger partial charge >= 0.3 is 0 Å². The van der Waals surface area contributed by atoms with Gasteiger partial charge in [-0.15, -0.1) is 0 Å². The van der Waals surface area contributed by atoms with Crippen LogP contribution in [0.4, 0.5) is 4.39 Å². The molecule has 0 saturated carbocycles. The van der Waals surface area contributed by atoms with Crippen LogP contribution in [-0.2, 0) is 0 Å². The lowest BCUT2D eigenvalue weighted by Crippen LogP contribution is -2.30. The molecule has 1 aliphatic rings. The maximum Gasteiger partial charge on any atom is 0.291 e. The lowest BCUT2D eigenvalue weighted by molar-refractivity contribution is 0.387. The third-order valence-corrected chi connectivity index (χ3v) is 2.55. The summed E-state index contributed by atoms with van der Waals surface area (Å²) >= 11 is 0.